The van der Waals surface area contributed by atoms with E-state index in [1.807, 2.05) is 27.7 Å². The van der Waals surface area contributed by atoms with Crippen LogP contribution in [-0.2, 0) is 19.6 Å². The van der Waals surface area contributed by atoms with Crippen molar-refractivity contribution < 1.29 is 17.9 Å². The topological polar surface area (TPSA) is 111 Å². The highest BCUT2D eigenvalue weighted by Crippen LogP contribution is 2.50. The van der Waals surface area contributed by atoms with Crippen molar-refractivity contribution in [3.8, 4) is 0 Å². The molecule has 0 heterocycles. The Morgan fingerprint density at radius 1 is 1.26 bits per heavy atom. The van der Waals surface area contributed by atoms with Crippen LogP contribution in [0.4, 0.5) is 5.69 Å². The lowest BCUT2D eigenvalue weighted by Gasteiger charge is -2.57. The van der Waals surface area contributed by atoms with Crippen LogP contribution in [0.5, 0.6) is 0 Å². The van der Waals surface area contributed by atoms with E-state index in [1.54, 1.807) is 12.1 Å². The summed E-state index contributed by atoms with van der Waals surface area (Å²) < 4.78 is 32.3. The number of hydrogen-bond donors (Lipinski definition) is 3. The summed E-state index contributed by atoms with van der Waals surface area (Å²) in [4.78, 5) is 12.8. The van der Waals surface area contributed by atoms with Crippen LogP contribution < -0.4 is 15.8 Å². The van der Waals surface area contributed by atoms with E-state index in [9.17, 15) is 13.2 Å². The van der Waals surface area contributed by atoms with E-state index in [4.69, 9.17) is 10.5 Å². The number of sulfonamides is 1. The van der Waals surface area contributed by atoms with Gasteiger partial charge in [0.1, 0.15) is 5.54 Å². The van der Waals surface area contributed by atoms with Gasteiger partial charge < -0.3 is 15.8 Å². The molecule has 0 bridgehead atoms. The summed E-state index contributed by atoms with van der Waals surface area (Å²) in [7, 11) is -3.53. The second kappa shape index (κ2) is 8.87. The van der Waals surface area contributed by atoms with Crippen LogP contribution in [-0.4, -0.2) is 39.1 Å². The first-order chi connectivity index (χ1) is 12.1. The zero-order valence-corrected chi connectivity index (χ0v) is 17.9. The summed E-state index contributed by atoms with van der Waals surface area (Å²) in [6, 6.07) is 6.05. The molecule has 4 N–H and O–H groups in total. The smallest absolute Gasteiger partial charge is 0.245 e. The van der Waals surface area contributed by atoms with Crippen molar-refractivity contribution in [2.45, 2.75) is 57.1 Å². The molecule has 0 aromatic heterocycles. The average Bonchev–Trinajstić information content (AvgIpc) is 2.60. The van der Waals surface area contributed by atoms with Gasteiger partial charge in [0, 0.05) is 30.7 Å². The molecule has 0 saturated heterocycles. The van der Waals surface area contributed by atoms with Crippen LogP contribution in [0.2, 0.25) is 0 Å². The van der Waals surface area contributed by atoms with Crippen LogP contribution in [0, 0.1) is 5.41 Å². The van der Waals surface area contributed by atoms with Crippen LogP contribution in [0.25, 0.3) is 0 Å². The van der Waals surface area contributed by atoms with Gasteiger partial charge in [0.05, 0.1) is 11.0 Å². The largest absolute Gasteiger partial charge is 0.378 e. The lowest BCUT2D eigenvalue weighted by Crippen LogP contribution is -2.74. The Balaban J connectivity index is 0.00000364. The number of amides is 1. The van der Waals surface area contributed by atoms with Crippen molar-refractivity contribution in [3.63, 3.8) is 0 Å². The molecule has 0 radical (unpaired) electrons. The quantitative estimate of drug-likeness (QED) is 0.598. The van der Waals surface area contributed by atoms with Gasteiger partial charge in [-0.2, -0.15) is 0 Å². The highest BCUT2D eigenvalue weighted by Gasteiger charge is 2.62. The number of rotatable bonds is 8. The Hall–Kier alpha value is -1.19. The predicted octanol–water partition coefficient (Wildman–Crippen LogP) is 2.27. The Labute approximate surface area is 167 Å². The fourth-order valence-corrected chi connectivity index (χ4v) is 4.23. The lowest BCUT2D eigenvalue weighted by atomic mass is 9.54. The van der Waals surface area contributed by atoms with Crippen molar-refractivity contribution in [2.24, 2.45) is 11.1 Å². The van der Waals surface area contributed by atoms with E-state index >= 15 is 0 Å². The molecule has 1 fully saturated rings. The van der Waals surface area contributed by atoms with Crippen LogP contribution in [0.3, 0.4) is 0 Å². The van der Waals surface area contributed by atoms with Gasteiger partial charge in [-0.05, 0) is 37.6 Å². The summed E-state index contributed by atoms with van der Waals surface area (Å²) in [5.74, 6) is -0.293. The first kappa shape index (κ1) is 23.8. The highest BCUT2D eigenvalue weighted by molar-refractivity contribution is 7.89. The second-order valence-electron chi connectivity index (χ2n) is 7.22. The summed E-state index contributed by atoms with van der Waals surface area (Å²) in [5, 5.41) is 2.79. The molecule has 2 atom stereocenters. The number of carbonyl (C=O) groups excluding carboxylic acids is 1. The zero-order valence-electron chi connectivity index (χ0n) is 16.2. The third-order valence-corrected chi connectivity index (χ3v) is 6.68. The van der Waals surface area contributed by atoms with Crippen LogP contribution in [0.15, 0.2) is 29.2 Å². The molecular formula is C18H30ClN3O4S. The van der Waals surface area contributed by atoms with Gasteiger partial charge in [-0.15, -0.1) is 12.4 Å². The fraction of sp³-hybridized carbons (Fsp3) is 0.611. The number of ether oxygens (including phenoxy) is 1. The molecule has 1 aliphatic rings. The van der Waals surface area contributed by atoms with Gasteiger partial charge in [-0.3, -0.25) is 4.79 Å². The molecule has 9 heteroatoms. The molecule has 1 aromatic rings. The molecule has 1 aromatic carbocycles. The van der Waals surface area contributed by atoms with Gasteiger partial charge in [-0.1, -0.05) is 20.8 Å². The molecule has 7 nitrogen and oxygen atoms in total. The molecule has 154 valence electrons. The maximum Gasteiger partial charge on any atom is 0.245 e. The second-order valence-corrected chi connectivity index (χ2v) is 8.98. The summed E-state index contributed by atoms with van der Waals surface area (Å²) in [6.45, 7) is 8.61. The first-order valence-electron chi connectivity index (χ1n) is 8.90. The number of hydrogen-bond acceptors (Lipinski definition) is 5. The third-order valence-electron chi connectivity index (χ3n) is 5.20. The van der Waals surface area contributed by atoms with E-state index in [2.05, 4.69) is 10.0 Å². The molecule has 0 aliphatic heterocycles. The van der Waals surface area contributed by atoms with Crippen molar-refractivity contribution in [1.82, 2.24) is 4.72 Å². The first-order valence-corrected chi connectivity index (χ1v) is 10.4. The molecule has 0 spiro atoms. The van der Waals surface area contributed by atoms with Crippen molar-refractivity contribution in [3.05, 3.63) is 24.3 Å². The minimum Gasteiger partial charge on any atom is -0.378 e. The van der Waals surface area contributed by atoms with E-state index < -0.39 is 21.0 Å². The predicted molar refractivity (Wildman–Crippen MR) is 109 cm³/mol. The number of benzene rings is 1. The Kier molecular flexibility index (Phi) is 7.84. The number of nitrogens with two attached hydrogens (primary N) is 1. The minimum absolute atomic E-state index is 0. The Morgan fingerprint density at radius 2 is 1.85 bits per heavy atom. The van der Waals surface area contributed by atoms with Crippen molar-refractivity contribution in [2.75, 3.05) is 18.5 Å². The lowest BCUT2D eigenvalue weighted by molar-refractivity contribution is -0.166. The maximum absolute atomic E-state index is 12.7. The van der Waals surface area contributed by atoms with E-state index in [0.29, 0.717) is 31.7 Å². The van der Waals surface area contributed by atoms with Crippen LogP contribution >= 0.6 is 12.4 Å². The number of anilines is 1. The van der Waals surface area contributed by atoms with Crippen LogP contribution in [0.1, 0.15) is 40.5 Å². The average molecular weight is 420 g/mol. The minimum atomic E-state index is -3.53. The Morgan fingerprint density at radius 3 is 2.33 bits per heavy atom. The van der Waals surface area contributed by atoms with E-state index in [-0.39, 0.29) is 29.3 Å². The van der Waals surface area contributed by atoms with Crippen molar-refractivity contribution in [1.29, 1.82) is 0 Å². The molecule has 1 aliphatic carbocycles. The normalized spacial score (nSPS) is 23.8. The summed E-state index contributed by atoms with van der Waals surface area (Å²) in [5.41, 5.74) is 5.34. The zero-order chi connectivity index (χ0) is 19.6. The fourth-order valence-electron chi connectivity index (χ4n) is 3.10. The molecular weight excluding hydrogens is 390 g/mol. The standard InChI is InChI=1S/C18H29N3O4S.ClH/c1-5-11-20-26(23,24)14-9-7-13(8-10-14)21-16(22)18(19)12-15(25-6-2)17(18,3)4;/h7-10,15,20H,5-6,11-12,19H2,1-4H3,(H,21,22);1H. The van der Waals surface area contributed by atoms with E-state index in [1.165, 1.54) is 12.1 Å². The number of halogens is 1. The Bertz CT molecular complexity index is 752. The third kappa shape index (κ3) is 4.63. The molecule has 27 heavy (non-hydrogen) atoms. The van der Waals surface area contributed by atoms with Gasteiger partial charge in [0.15, 0.2) is 0 Å². The number of nitrogens with one attached hydrogen (secondary N) is 2. The van der Waals surface area contributed by atoms with Gasteiger partial charge >= 0.3 is 0 Å². The van der Waals surface area contributed by atoms with Gasteiger partial charge in [-0.25, -0.2) is 13.1 Å². The molecule has 2 rings (SSSR count). The monoisotopic (exact) mass is 419 g/mol. The molecule has 1 amide bonds. The van der Waals surface area contributed by atoms with Crippen molar-refractivity contribution >= 4 is 34.0 Å². The van der Waals surface area contributed by atoms with Gasteiger partial charge in [0.2, 0.25) is 15.9 Å². The molecule has 2 unspecified atom stereocenters. The van der Waals surface area contributed by atoms with Gasteiger partial charge in [0.25, 0.3) is 0 Å². The molecule has 1 saturated carbocycles. The summed E-state index contributed by atoms with van der Waals surface area (Å²) in [6.07, 6.45) is 1.11. The SMILES string of the molecule is CCCNS(=O)(=O)c1ccc(NC(=O)C2(N)CC(OCC)C2(C)C)cc1.Cl. The maximum atomic E-state index is 12.7. The van der Waals surface area contributed by atoms with E-state index in [0.717, 1.165) is 0 Å². The summed E-state index contributed by atoms with van der Waals surface area (Å²) >= 11 is 0. The highest BCUT2D eigenvalue weighted by atomic mass is 35.5. The number of carbonyl (C=O) groups is 1.